The van der Waals surface area contributed by atoms with Crippen molar-refractivity contribution in [1.29, 1.82) is 0 Å². The van der Waals surface area contributed by atoms with Crippen molar-refractivity contribution >= 4 is 27.6 Å². The molecule has 1 saturated carbocycles. The molecule has 17 heavy (non-hydrogen) atoms. The van der Waals surface area contributed by atoms with Crippen LogP contribution in [-0.2, 0) is 0 Å². The van der Waals surface area contributed by atoms with E-state index in [9.17, 15) is 0 Å². The van der Waals surface area contributed by atoms with E-state index in [4.69, 9.17) is 5.84 Å². The van der Waals surface area contributed by atoms with Gasteiger partial charge in [0.1, 0.15) is 16.6 Å². The lowest BCUT2D eigenvalue weighted by atomic mass is 10.1. The Labute approximate surface area is 110 Å². The summed E-state index contributed by atoms with van der Waals surface area (Å²) in [6, 6.07) is 0. The van der Waals surface area contributed by atoms with Crippen LogP contribution in [0.15, 0.2) is 10.8 Å². The first-order valence-corrected chi connectivity index (χ1v) is 6.70. The predicted octanol–water partition coefficient (Wildman–Crippen LogP) is 2.15. The van der Waals surface area contributed by atoms with E-state index in [-0.39, 0.29) is 0 Å². The molecule has 94 valence electrons. The van der Waals surface area contributed by atoms with Crippen molar-refractivity contribution in [2.45, 2.75) is 25.7 Å². The lowest BCUT2D eigenvalue weighted by molar-refractivity contribution is 0.544. The Hall–Kier alpha value is -0.880. The zero-order chi connectivity index (χ0) is 12.3. The SMILES string of the molecule is CN(CC1CCCC1)c1ncnc(NN)c1Br. The Balaban J connectivity index is 2.09. The van der Waals surface area contributed by atoms with Gasteiger partial charge in [0.15, 0.2) is 5.82 Å². The van der Waals surface area contributed by atoms with E-state index < -0.39 is 0 Å². The van der Waals surface area contributed by atoms with Gasteiger partial charge in [-0.15, -0.1) is 0 Å². The zero-order valence-electron chi connectivity index (χ0n) is 9.99. The summed E-state index contributed by atoms with van der Waals surface area (Å²) in [5.41, 5.74) is 2.56. The van der Waals surface area contributed by atoms with Crippen LogP contribution < -0.4 is 16.2 Å². The molecular formula is C11H18BrN5. The molecule has 1 aromatic rings. The van der Waals surface area contributed by atoms with Gasteiger partial charge in [-0.3, -0.25) is 0 Å². The summed E-state index contributed by atoms with van der Waals surface area (Å²) >= 11 is 3.48. The van der Waals surface area contributed by atoms with Crippen molar-refractivity contribution in [3.05, 3.63) is 10.8 Å². The smallest absolute Gasteiger partial charge is 0.159 e. The molecule has 1 aromatic heterocycles. The number of hydrogen-bond donors (Lipinski definition) is 2. The van der Waals surface area contributed by atoms with Crippen LogP contribution in [-0.4, -0.2) is 23.6 Å². The molecule has 1 aliphatic carbocycles. The van der Waals surface area contributed by atoms with Gasteiger partial charge in [-0.2, -0.15) is 0 Å². The number of nitrogens with two attached hydrogens (primary N) is 1. The van der Waals surface area contributed by atoms with Crippen molar-refractivity contribution in [1.82, 2.24) is 9.97 Å². The highest BCUT2D eigenvalue weighted by atomic mass is 79.9. The lowest BCUT2D eigenvalue weighted by Gasteiger charge is -2.23. The first kappa shape index (κ1) is 12.6. The Bertz CT molecular complexity index is 378. The molecule has 0 radical (unpaired) electrons. The fourth-order valence-corrected chi connectivity index (χ4v) is 3.02. The van der Waals surface area contributed by atoms with Gasteiger partial charge in [-0.05, 0) is 34.7 Å². The molecule has 0 amide bonds. The standard InChI is InChI=1S/C11H18BrN5/c1-17(6-8-4-2-3-5-8)11-9(12)10(16-13)14-7-15-11/h7-8H,2-6,13H2,1H3,(H,14,15,16). The van der Waals surface area contributed by atoms with Crippen LogP contribution in [0.4, 0.5) is 11.6 Å². The van der Waals surface area contributed by atoms with E-state index in [1.165, 1.54) is 32.0 Å². The van der Waals surface area contributed by atoms with Gasteiger partial charge >= 0.3 is 0 Å². The molecule has 0 atom stereocenters. The van der Waals surface area contributed by atoms with Crippen molar-refractivity contribution < 1.29 is 0 Å². The summed E-state index contributed by atoms with van der Waals surface area (Å²) in [7, 11) is 2.06. The number of hydrazine groups is 1. The van der Waals surface area contributed by atoms with Crippen LogP contribution in [0.3, 0.4) is 0 Å². The average Bonchev–Trinajstić information content (AvgIpc) is 2.82. The third-order valence-corrected chi connectivity index (χ3v) is 4.01. The fourth-order valence-electron chi connectivity index (χ4n) is 2.39. The summed E-state index contributed by atoms with van der Waals surface area (Å²) < 4.78 is 0.822. The predicted molar refractivity (Wildman–Crippen MR) is 72.8 cm³/mol. The number of hydrogen-bond acceptors (Lipinski definition) is 5. The number of nitrogens with one attached hydrogen (secondary N) is 1. The van der Waals surface area contributed by atoms with Crippen molar-refractivity contribution in [3.8, 4) is 0 Å². The summed E-state index contributed by atoms with van der Waals surface area (Å²) in [4.78, 5) is 10.5. The second kappa shape index (κ2) is 5.64. The minimum atomic E-state index is 0.619. The monoisotopic (exact) mass is 299 g/mol. The largest absolute Gasteiger partial charge is 0.358 e. The van der Waals surface area contributed by atoms with Crippen LogP contribution in [0, 0.1) is 5.92 Å². The van der Waals surface area contributed by atoms with Gasteiger partial charge in [0.25, 0.3) is 0 Å². The molecule has 1 fully saturated rings. The summed E-state index contributed by atoms with van der Waals surface area (Å²) in [5.74, 6) is 7.69. The molecule has 0 unspecified atom stereocenters. The van der Waals surface area contributed by atoms with Crippen LogP contribution >= 0.6 is 15.9 Å². The highest BCUT2D eigenvalue weighted by molar-refractivity contribution is 9.10. The van der Waals surface area contributed by atoms with Gasteiger partial charge in [0, 0.05) is 13.6 Å². The summed E-state index contributed by atoms with van der Waals surface area (Å²) in [6.45, 7) is 1.04. The third-order valence-electron chi connectivity index (χ3n) is 3.28. The van der Waals surface area contributed by atoms with E-state index in [0.717, 1.165) is 22.8 Å². The molecular weight excluding hydrogens is 282 g/mol. The normalized spacial score (nSPS) is 16.2. The number of aromatic nitrogens is 2. The molecule has 0 aromatic carbocycles. The van der Waals surface area contributed by atoms with Crippen LogP contribution in [0.25, 0.3) is 0 Å². The first-order chi connectivity index (χ1) is 8.22. The van der Waals surface area contributed by atoms with E-state index in [1.54, 1.807) is 0 Å². The van der Waals surface area contributed by atoms with Crippen molar-refractivity contribution in [2.24, 2.45) is 11.8 Å². The second-order valence-corrected chi connectivity index (χ2v) is 5.33. The summed E-state index contributed by atoms with van der Waals surface area (Å²) in [6.07, 6.45) is 6.91. The second-order valence-electron chi connectivity index (χ2n) is 4.54. The quantitative estimate of drug-likeness (QED) is 0.659. The molecule has 0 bridgehead atoms. The van der Waals surface area contributed by atoms with Crippen LogP contribution in [0.2, 0.25) is 0 Å². The maximum Gasteiger partial charge on any atom is 0.159 e. The molecule has 0 spiro atoms. The number of nitrogens with zero attached hydrogens (tertiary/aromatic N) is 3. The molecule has 0 aliphatic heterocycles. The maximum absolute atomic E-state index is 5.39. The number of halogens is 1. The van der Waals surface area contributed by atoms with Crippen LogP contribution in [0.1, 0.15) is 25.7 Å². The van der Waals surface area contributed by atoms with Gasteiger partial charge in [0.2, 0.25) is 0 Å². The van der Waals surface area contributed by atoms with Gasteiger partial charge in [-0.1, -0.05) is 12.8 Å². The molecule has 1 aliphatic rings. The Morgan fingerprint density at radius 3 is 2.82 bits per heavy atom. The minimum absolute atomic E-state index is 0.619. The van der Waals surface area contributed by atoms with Gasteiger partial charge in [0.05, 0.1) is 0 Å². The molecule has 5 nitrogen and oxygen atoms in total. The van der Waals surface area contributed by atoms with E-state index in [1.807, 2.05) is 0 Å². The van der Waals surface area contributed by atoms with Crippen molar-refractivity contribution in [2.75, 3.05) is 23.9 Å². The number of nitrogen functional groups attached to an aromatic ring is 1. The van der Waals surface area contributed by atoms with Gasteiger partial charge in [-0.25, -0.2) is 15.8 Å². The molecule has 3 N–H and O–H groups in total. The highest BCUT2D eigenvalue weighted by Gasteiger charge is 2.19. The molecule has 2 rings (SSSR count). The molecule has 6 heteroatoms. The van der Waals surface area contributed by atoms with Crippen LogP contribution in [0.5, 0.6) is 0 Å². The molecule has 1 heterocycles. The van der Waals surface area contributed by atoms with Gasteiger partial charge < -0.3 is 10.3 Å². The van der Waals surface area contributed by atoms with E-state index in [2.05, 4.69) is 43.3 Å². The Morgan fingerprint density at radius 1 is 1.47 bits per heavy atom. The van der Waals surface area contributed by atoms with E-state index in [0.29, 0.717) is 5.82 Å². The first-order valence-electron chi connectivity index (χ1n) is 5.90. The topological polar surface area (TPSA) is 67.1 Å². The Kier molecular flexibility index (Phi) is 4.17. The number of rotatable bonds is 4. The maximum atomic E-state index is 5.39. The fraction of sp³-hybridized carbons (Fsp3) is 0.636. The zero-order valence-corrected chi connectivity index (χ0v) is 11.6. The average molecular weight is 300 g/mol. The minimum Gasteiger partial charge on any atom is -0.358 e. The lowest BCUT2D eigenvalue weighted by Crippen LogP contribution is -2.25. The van der Waals surface area contributed by atoms with Crippen molar-refractivity contribution in [3.63, 3.8) is 0 Å². The van der Waals surface area contributed by atoms with E-state index >= 15 is 0 Å². The highest BCUT2D eigenvalue weighted by Crippen LogP contribution is 2.31. The number of anilines is 2. The summed E-state index contributed by atoms with van der Waals surface area (Å²) in [5, 5.41) is 0. The molecule has 0 saturated heterocycles. The third kappa shape index (κ3) is 2.87. The Morgan fingerprint density at radius 2 is 2.18 bits per heavy atom.